The summed E-state index contributed by atoms with van der Waals surface area (Å²) >= 11 is 0. The molecule has 7 heteroatoms. The summed E-state index contributed by atoms with van der Waals surface area (Å²) in [4.78, 5) is 14.5. The molecule has 144 valence electrons. The highest BCUT2D eigenvalue weighted by atomic mass is 16.5. The number of carbonyl (C=O) groups excluding carboxylic acids is 1. The molecule has 3 aromatic rings. The Morgan fingerprint density at radius 3 is 2.79 bits per heavy atom. The summed E-state index contributed by atoms with van der Waals surface area (Å²) in [5, 5.41) is 18.0. The van der Waals surface area contributed by atoms with Gasteiger partial charge in [-0.3, -0.25) is 4.79 Å². The molecule has 1 amide bonds. The zero-order valence-corrected chi connectivity index (χ0v) is 15.7. The first-order chi connectivity index (χ1) is 13.6. The number of amides is 1. The molecule has 0 spiro atoms. The van der Waals surface area contributed by atoms with E-state index >= 15 is 0 Å². The molecule has 2 aromatic carbocycles. The zero-order valence-electron chi connectivity index (χ0n) is 15.7. The maximum Gasteiger partial charge on any atom is 0.224 e. The largest absolute Gasteiger partial charge is 0.504 e. The fraction of sp³-hybridized carbons (Fsp3) is 0.286. The van der Waals surface area contributed by atoms with Gasteiger partial charge in [-0.05, 0) is 35.7 Å². The van der Waals surface area contributed by atoms with Gasteiger partial charge >= 0.3 is 0 Å². The van der Waals surface area contributed by atoms with Gasteiger partial charge in [0.05, 0.1) is 6.54 Å². The number of carbonyl (C=O) groups is 1. The number of aromatic nitrogens is 3. The van der Waals surface area contributed by atoms with Crippen molar-refractivity contribution in [1.29, 1.82) is 0 Å². The van der Waals surface area contributed by atoms with E-state index in [0.29, 0.717) is 38.4 Å². The highest BCUT2D eigenvalue weighted by molar-refractivity contribution is 5.77. The molecule has 0 fully saturated rings. The van der Waals surface area contributed by atoms with E-state index in [4.69, 9.17) is 4.74 Å². The Labute approximate surface area is 163 Å². The maximum atomic E-state index is 12.7. The number of phenolic OH excluding ortho intramolecular Hbond substituents is 1. The van der Waals surface area contributed by atoms with E-state index in [1.165, 1.54) is 0 Å². The molecule has 0 radical (unpaired) electrons. The Bertz CT molecular complexity index is 985. The molecule has 7 nitrogen and oxygen atoms in total. The van der Waals surface area contributed by atoms with Gasteiger partial charge in [0, 0.05) is 25.1 Å². The van der Waals surface area contributed by atoms with Gasteiger partial charge in [-0.1, -0.05) is 24.3 Å². The quantitative estimate of drug-likeness (QED) is 0.755. The van der Waals surface area contributed by atoms with Crippen LogP contribution in [0.2, 0.25) is 0 Å². The van der Waals surface area contributed by atoms with Crippen molar-refractivity contribution in [3.8, 4) is 22.6 Å². The molecule has 0 atom stereocenters. The number of hydrogen-bond acceptors (Lipinski definition) is 5. The van der Waals surface area contributed by atoms with Crippen molar-refractivity contribution < 1.29 is 14.6 Å². The topological polar surface area (TPSA) is 80.5 Å². The maximum absolute atomic E-state index is 12.7. The molecule has 0 bridgehead atoms. The third kappa shape index (κ3) is 3.69. The Balaban J connectivity index is 1.58. The zero-order chi connectivity index (χ0) is 19.5. The number of phenols is 1. The van der Waals surface area contributed by atoms with E-state index in [-0.39, 0.29) is 11.7 Å². The molecule has 1 N–H and O–H groups in total. The first-order valence-corrected chi connectivity index (χ1v) is 9.26. The highest BCUT2D eigenvalue weighted by Gasteiger charge is 2.23. The predicted octanol–water partition coefficient (Wildman–Crippen LogP) is 2.77. The monoisotopic (exact) mass is 378 g/mol. The number of nitrogens with zero attached hydrogens (tertiary/aromatic N) is 4. The number of rotatable bonds is 4. The van der Waals surface area contributed by atoms with E-state index < -0.39 is 0 Å². The second kappa shape index (κ2) is 7.72. The van der Waals surface area contributed by atoms with Crippen LogP contribution >= 0.6 is 0 Å². The van der Waals surface area contributed by atoms with Gasteiger partial charge in [0.15, 0.2) is 11.5 Å². The van der Waals surface area contributed by atoms with Crippen molar-refractivity contribution in [2.24, 2.45) is 0 Å². The number of fused-ring (bicyclic) bond motifs is 1. The van der Waals surface area contributed by atoms with E-state index in [1.54, 1.807) is 28.2 Å². The molecule has 4 rings (SSSR count). The standard InChI is InChI=1S/C21H22N4O3/c1-15-4-2-3-5-18(15)16-10-17-12-25(8-9-28-21(17)19(26)11-16)20(27)6-7-24-13-22-23-14-24/h2-5,10-11,13-14,26H,6-9,12H2,1H3. The SMILES string of the molecule is Cc1ccccc1-c1cc(O)c2c(c1)CN(C(=O)CCn1cnnc1)CCO2. The Hall–Kier alpha value is -3.35. The van der Waals surface area contributed by atoms with E-state index in [0.717, 1.165) is 22.3 Å². The van der Waals surface area contributed by atoms with Crippen LogP contribution in [0.3, 0.4) is 0 Å². The lowest BCUT2D eigenvalue weighted by Gasteiger charge is -2.20. The van der Waals surface area contributed by atoms with Crippen LogP contribution in [-0.4, -0.2) is 43.8 Å². The molecule has 2 heterocycles. The van der Waals surface area contributed by atoms with Crippen molar-refractivity contribution in [2.75, 3.05) is 13.2 Å². The molecular formula is C21H22N4O3. The number of hydrogen-bond donors (Lipinski definition) is 1. The Kier molecular flexibility index (Phi) is 4.97. The summed E-state index contributed by atoms with van der Waals surface area (Å²) in [5.74, 6) is 0.604. The van der Waals surface area contributed by atoms with Crippen LogP contribution in [-0.2, 0) is 17.9 Å². The molecule has 0 unspecified atom stereocenters. The van der Waals surface area contributed by atoms with Gasteiger partial charge in [-0.2, -0.15) is 0 Å². The van der Waals surface area contributed by atoms with Crippen molar-refractivity contribution in [2.45, 2.75) is 26.4 Å². The first-order valence-electron chi connectivity index (χ1n) is 9.26. The van der Waals surface area contributed by atoms with Crippen molar-refractivity contribution >= 4 is 5.91 Å². The van der Waals surface area contributed by atoms with Crippen LogP contribution in [0.5, 0.6) is 11.5 Å². The van der Waals surface area contributed by atoms with Crippen LogP contribution in [0.1, 0.15) is 17.5 Å². The molecule has 1 aliphatic rings. The number of aryl methyl sites for hydroxylation is 2. The number of ether oxygens (including phenoxy) is 1. The third-order valence-corrected chi connectivity index (χ3v) is 4.97. The first kappa shape index (κ1) is 18.0. The average molecular weight is 378 g/mol. The van der Waals surface area contributed by atoms with Crippen molar-refractivity contribution in [3.05, 3.63) is 60.2 Å². The summed E-state index contributed by atoms with van der Waals surface area (Å²) in [6.45, 7) is 3.81. The van der Waals surface area contributed by atoms with E-state index in [1.807, 2.05) is 37.3 Å². The number of benzene rings is 2. The minimum absolute atomic E-state index is 0.0333. The van der Waals surface area contributed by atoms with Crippen LogP contribution in [0.25, 0.3) is 11.1 Å². The minimum Gasteiger partial charge on any atom is -0.504 e. The van der Waals surface area contributed by atoms with Gasteiger partial charge in [-0.15, -0.1) is 10.2 Å². The second-order valence-corrected chi connectivity index (χ2v) is 6.91. The normalized spacial score (nSPS) is 13.5. The van der Waals surface area contributed by atoms with Gasteiger partial charge < -0.3 is 19.3 Å². The van der Waals surface area contributed by atoms with Gasteiger partial charge in [0.1, 0.15) is 19.3 Å². The van der Waals surface area contributed by atoms with Crippen molar-refractivity contribution in [1.82, 2.24) is 19.7 Å². The van der Waals surface area contributed by atoms with Gasteiger partial charge in [0.2, 0.25) is 5.91 Å². The van der Waals surface area contributed by atoms with Crippen LogP contribution in [0.4, 0.5) is 0 Å². The second-order valence-electron chi connectivity index (χ2n) is 6.91. The Morgan fingerprint density at radius 1 is 1.21 bits per heavy atom. The van der Waals surface area contributed by atoms with Gasteiger partial charge in [-0.25, -0.2) is 0 Å². The fourth-order valence-corrected chi connectivity index (χ4v) is 3.48. The van der Waals surface area contributed by atoms with E-state index in [9.17, 15) is 9.90 Å². The van der Waals surface area contributed by atoms with Gasteiger partial charge in [0.25, 0.3) is 0 Å². The summed E-state index contributed by atoms with van der Waals surface area (Å²) in [7, 11) is 0. The molecule has 0 saturated heterocycles. The van der Waals surface area contributed by atoms with Crippen LogP contribution in [0.15, 0.2) is 49.1 Å². The minimum atomic E-state index is 0.0333. The summed E-state index contributed by atoms with van der Waals surface area (Å²) in [6.07, 6.45) is 3.55. The highest BCUT2D eigenvalue weighted by Crippen LogP contribution is 2.38. The summed E-state index contributed by atoms with van der Waals surface area (Å²) < 4.78 is 7.54. The lowest BCUT2D eigenvalue weighted by Crippen LogP contribution is -2.32. The van der Waals surface area contributed by atoms with Crippen LogP contribution in [0, 0.1) is 6.92 Å². The smallest absolute Gasteiger partial charge is 0.224 e. The lowest BCUT2D eigenvalue weighted by molar-refractivity contribution is -0.132. The molecule has 1 aliphatic heterocycles. The Morgan fingerprint density at radius 2 is 2.00 bits per heavy atom. The molecule has 0 saturated carbocycles. The molecular weight excluding hydrogens is 356 g/mol. The molecule has 28 heavy (non-hydrogen) atoms. The van der Waals surface area contributed by atoms with E-state index in [2.05, 4.69) is 10.2 Å². The molecule has 0 aliphatic carbocycles. The fourth-order valence-electron chi connectivity index (χ4n) is 3.48. The lowest BCUT2D eigenvalue weighted by atomic mass is 9.98. The van der Waals surface area contributed by atoms with Crippen LogP contribution < -0.4 is 4.74 Å². The summed E-state index contributed by atoms with van der Waals surface area (Å²) in [6, 6.07) is 11.8. The summed E-state index contributed by atoms with van der Waals surface area (Å²) in [5.41, 5.74) is 3.90. The number of aromatic hydroxyl groups is 1. The van der Waals surface area contributed by atoms with Crippen molar-refractivity contribution in [3.63, 3.8) is 0 Å². The third-order valence-electron chi connectivity index (χ3n) is 4.97. The average Bonchev–Trinajstić information content (AvgIpc) is 3.11. The predicted molar refractivity (Wildman–Crippen MR) is 104 cm³/mol. The molecule has 1 aromatic heterocycles.